The van der Waals surface area contributed by atoms with Crippen molar-refractivity contribution < 1.29 is 38.7 Å². The third-order valence-electron chi connectivity index (χ3n) is 13.2. The molecule has 1 unspecified atom stereocenters. The van der Waals surface area contributed by atoms with E-state index in [1.54, 1.807) is 22.7 Å². The lowest BCUT2D eigenvalue weighted by atomic mass is 9.85. The number of benzene rings is 4. The number of halogens is 1. The van der Waals surface area contributed by atoms with Crippen LogP contribution in [0.1, 0.15) is 141 Å². The first-order chi connectivity index (χ1) is 32.3. The predicted molar refractivity (Wildman–Crippen MR) is 267 cm³/mol. The average molecular weight is 974 g/mol. The number of hydrogen-bond donors (Lipinski definition) is 3. The Hall–Kier alpha value is -5.38. The van der Waals surface area contributed by atoms with Crippen LogP contribution in [0, 0.1) is 13.8 Å². The molecule has 7 aromatic rings. The number of ether oxygens (including phenoxy) is 4. The van der Waals surface area contributed by atoms with Gasteiger partial charge in [-0.3, -0.25) is 4.98 Å². The molecule has 12 nitrogen and oxygen atoms in total. The molecule has 15 heteroatoms. The number of anilines is 1. The molecule has 0 bridgehead atoms. The smallest absolute Gasteiger partial charge is 0.337 e. The Balaban J connectivity index is 1.09. The van der Waals surface area contributed by atoms with E-state index in [2.05, 4.69) is 5.32 Å². The molecule has 0 amide bonds. The summed E-state index contributed by atoms with van der Waals surface area (Å²) in [5.41, 5.74) is 8.54. The van der Waals surface area contributed by atoms with Crippen LogP contribution in [0.4, 0.5) is 5.69 Å². The number of fused-ring (bicyclic) bond motifs is 3. The van der Waals surface area contributed by atoms with Gasteiger partial charge in [0.15, 0.2) is 12.2 Å². The van der Waals surface area contributed by atoms with Crippen molar-refractivity contribution in [1.82, 2.24) is 15.0 Å². The number of rotatable bonds is 11. The summed E-state index contributed by atoms with van der Waals surface area (Å²) in [6.45, 7) is 15.9. The molecule has 2 aliphatic heterocycles. The van der Waals surface area contributed by atoms with Crippen LogP contribution in [0.25, 0.3) is 53.6 Å². The lowest BCUT2D eigenvalue weighted by molar-refractivity contribution is -0.161. The van der Waals surface area contributed by atoms with E-state index >= 15 is 0 Å². The third-order valence-corrected chi connectivity index (χ3v) is 16.1. The molecule has 3 atom stereocenters. The van der Waals surface area contributed by atoms with Gasteiger partial charge in [0.05, 0.1) is 71.0 Å². The Morgan fingerprint density at radius 1 is 0.809 bits per heavy atom. The summed E-state index contributed by atoms with van der Waals surface area (Å²) < 4.78 is 27.7. The Labute approximate surface area is 407 Å². The molecule has 5 heterocycles. The van der Waals surface area contributed by atoms with Gasteiger partial charge >= 0.3 is 11.9 Å². The fourth-order valence-electron chi connectivity index (χ4n) is 9.99. The number of hydrogen-bond acceptors (Lipinski definition) is 12. The zero-order valence-electron chi connectivity index (χ0n) is 39.3. The molecule has 2 fully saturated rings. The maximum Gasteiger partial charge on any atom is 0.337 e. The van der Waals surface area contributed by atoms with Gasteiger partial charge in [-0.2, -0.15) is 0 Å². The van der Waals surface area contributed by atoms with Crippen LogP contribution in [0.2, 0.25) is 5.02 Å². The van der Waals surface area contributed by atoms with Gasteiger partial charge in [0.2, 0.25) is 0 Å². The lowest BCUT2D eigenvalue weighted by Gasteiger charge is -2.33. The summed E-state index contributed by atoms with van der Waals surface area (Å²) >= 11 is 10.7. The minimum Gasteiger partial charge on any atom is -0.493 e. The number of carboxylic acid groups (broad SMARTS) is 2. The van der Waals surface area contributed by atoms with Crippen LogP contribution in [0.3, 0.4) is 0 Å². The van der Waals surface area contributed by atoms with E-state index in [1.807, 2.05) is 98.0 Å². The molecule has 4 aromatic carbocycles. The highest BCUT2D eigenvalue weighted by atomic mass is 35.5. The zero-order chi connectivity index (χ0) is 47.7. The van der Waals surface area contributed by atoms with Crippen LogP contribution in [-0.4, -0.2) is 61.5 Å². The third kappa shape index (κ3) is 7.86. The van der Waals surface area contributed by atoms with Gasteiger partial charge in [0.25, 0.3) is 0 Å². The number of aryl methyl sites for hydroxylation is 1. The van der Waals surface area contributed by atoms with E-state index in [0.29, 0.717) is 62.7 Å². The first-order valence-electron chi connectivity index (χ1n) is 23.3. The van der Waals surface area contributed by atoms with Crippen LogP contribution >= 0.6 is 34.3 Å². The van der Waals surface area contributed by atoms with Crippen molar-refractivity contribution in [2.75, 3.05) is 18.5 Å². The number of aliphatic carboxylic acids is 2. The van der Waals surface area contributed by atoms with Crippen molar-refractivity contribution >= 4 is 83.2 Å². The van der Waals surface area contributed by atoms with E-state index in [4.69, 9.17) is 45.5 Å². The zero-order valence-corrected chi connectivity index (χ0v) is 41.6. The number of pyridine rings is 1. The monoisotopic (exact) mass is 972 g/mol. The van der Waals surface area contributed by atoms with Gasteiger partial charge < -0.3 is 34.5 Å². The van der Waals surface area contributed by atoms with Crippen molar-refractivity contribution in [2.45, 2.75) is 129 Å². The maximum atomic E-state index is 13.7. The molecule has 0 radical (unpaired) electrons. The van der Waals surface area contributed by atoms with Crippen LogP contribution in [0.15, 0.2) is 42.6 Å². The number of carbonyl (C=O) groups is 2. The molecule has 352 valence electrons. The van der Waals surface area contributed by atoms with E-state index in [-0.39, 0.29) is 6.54 Å². The van der Waals surface area contributed by atoms with Crippen LogP contribution < -0.4 is 14.8 Å². The standard InChI is InChI=1S/C53H53ClN4O8S2/c1-23-21-30-46(67-48(57-30)26-9-10-26)38(34(23)44(50(59)60)65-52(3,4)5)28-13-16-32-42(40(28)54)56-22-33(64-32)35-24(2)36(45(51(61)62)66-53(6,7)8)39(47-43(35)58-49(68-47)27-11-12-27)29-14-15-31-37-25(18-20-63-31)17-19-55-41(29)37/h13-17,19,21,26-27,33,44-45,56H,9-12,18,20,22H2,1-8H3,(H,59,60)(H,61,62)/t33?,44-,45-/m0/s1. The first-order valence-corrected chi connectivity index (χ1v) is 25.4. The van der Waals surface area contributed by atoms with Gasteiger partial charge in [-0.15, -0.1) is 22.7 Å². The number of nitrogens with one attached hydrogen (secondary N) is 1. The maximum absolute atomic E-state index is 13.7. The van der Waals surface area contributed by atoms with Gasteiger partial charge in [-0.05, 0) is 134 Å². The van der Waals surface area contributed by atoms with E-state index in [1.165, 1.54) is 0 Å². The molecular formula is C53H53ClN4O8S2. The highest BCUT2D eigenvalue weighted by Gasteiger charge is 2.40. The normalized spacial score (nSPS) is 18.0. The van der Waals surface area contributed by atoms with Crippen molar-refractivity contribution in [3.63, 3.8) is 0 Å². The SMILES string of the molecule is Cc1cc2nc(C3CC3)sc2c(-c2ccc3c(c2Cl)NCC(c2c(C)c([C@H](OC(C)(C)C)C(=O)O)c(-c4ccc5c6c(ccnc46)CCO5)c4sc(C5CC5)nc24)O3)c1[C@H](OC(C)(C)C)C(=O)O. The van der Waals surface area contributed by atoms with Gasteiger partial charge in [0, 0.05) is 68.8 Å². The fourth-order valence-corrected chi connectivity index (χ4v) is 12.9. The molecule has 4 aliphatic rings. The number of thiazole rings is 2. The second-order valence-corrected chi connectivity index (χ2v) is 23.0. The number of carboxylic acids is 2. The largest absolute Gasteiger partial charge is 0.493 e. The lowest BCUT2D eigenvalue weighted by Crippen LogP contribution is -2.30. The van der Waals surface area contributed by atoms with E-state index in [9.17, 15) is 19.8 Å². The summed E-state index contributed by atoms with van der Waals surface area (Å²) in [5, 5.41) is 28.9. The molecule has 11 rings (SSSR count). The minimum absolute atomic E-state index is 0.270. The van der Waals surface area contributed by atoms with E-state index in [0.717, 1.165) is 107 Å². The molecule has 3 N–H and O–H groups in total. The number of aromatic nitrogens is 3. The molecular weight excluding hydrogens is 920 g/mol. The molecule has 68 heavy (non-hydrogen) atoms. The predicted octanol–water partition coefficient (Wildman–Crippen LogP) is 13.2. The summed E-state index contributed by atoms with van der Waals surface area (Å²) in [6, 6.07) is 11.7. The molecule has 0 saturated heterocycles. The second kappa shape index (κ2) is 16.4. The summed E-state index contributed by atoms with van der Waals surface area (Å²) in [4.78, 5) is 42.2. The van der Waals surface area contributed by atoms with Crippen LogP contribution in [-0.2, 0) is 25.5 Å². The average Bonchev–Trinajstić information content (AvgIpc) is 4.22. The Bertz CT molecular complexity index is 3260. The number of nitrogens with zero attached hydrogens (tertiary/aromatic N) is 3. The first kappa shape index (κ1) is 45.1. The van der Waals surface area contributed by atoms with E-state index < -0.39 is 41.5 Å². The molecule has 2 saturated carbocycles. The summed E-state index contributed by atoms with van der Waals surface area (Å²) in [5.74, 6) is -0.248. The van der Waals surface area contributed by atoms with Gasteiger partial charge in [0.1, 0.15) is 17.6 Å². The van der Waals surface area contributed by atoms with Gasteiger partial charge in [-0.1, -0.05) is 11.6 Å². The highest BCUT2D eigenvalue weighted by Crippen LogP contribution is 2.55. The highest BCUT2D eigenvalue weighted by molar-refractivity contribution is 7.19. The Morgan fingerprint density at radius 3 is 2.09 bits per heavy atom. The van der Waals surface area contributed by atoms with Crippen LogP contribution in [0.5, 0.6) is 11.5 Å². The molecule has 3 aromatic heterocycles. The van der Waals surface area contributed by atoms with Crippen molar-refractivity contribution in [3.8, 4) is 33.8 Å². The fraction of sp³-hybridized carbons (Fsp3) is 0.415. The quantitative estimate of drug-likeness (QED) is 0.113. The second-order valence-electron chi connectivity index (χ2n) is 20.6. The summed E-state index contributed by atoms with van der Waals surface area (Å²) in [6.07, 6.45) is 3.52. The Kier molecular flexibility index (Phi) is 10.9. The molecule has 0 spiro atoms. The molecule has 2 aliphatic carbocycles. The van der Waals surface area contributed by atoms with Crippen molar-refractivity contribution in [1.29, 1.82) is 0 Å². The Morgan fingerprint density at radius 2 is 1.43 bits per heavy atom. The van der Waals surface area contributed by atoms with Crippen molar-refractivity contribution in [3.05, 3.63) is 91.0 Å². The minimum atomic E-state index is -1.35. The summed E-state index contributed by atoms with van der Waals surface area (Å²) in [7, 11) is 0. The topological polar surface area (TPSA) is 162 Å². The van der Waals surface area contributed by atoms with Gasteiger partial charge in [-0.25, -0.2) is 19.6 Å². The van der Waals surface area contributed by atoms with Crippen molar-refractivity contribution in [2.24, 2.45) is 0 Å².